The predicted molar refractivity (Wildman–Crippen MR) is 356 cm³/mol. The Hall–Kier alpha value is -5.39. The molecule has 368 valence electrons. The largest absolute Gasteiger partial charge is 0.313 e. The lowest BCUT2D eigenvalue weighted by Gasteiger charge is -2.47. The lowest BCUT2D eigenvalue weighted by Crippen LogP contribution is -2.61. The average molecular weight is 1020 g/mol. The number of benzene rings is 7. The number of fused-ring (bicyclic) bond motifs is 7. The minimum Gasteiger partial charge on any atom is -0.313 e. The van der Waals surface area contributed by atoms with Crippen molar-refractivity contribution in [3.63, 3.8) is 0 Å². The Morgan fingerprint density at radius 1 is 0.456 bits per heavy atom. The van der Waals surface area contributed by atoms with Crippen molar-refractivity contribution in [2.75, 3.05) is 14.7 Å². The summed E-state index contributed by atoms with van der Waals surface area (Å²) in [6, 6.07) is 34.4. The molecular formula is C64H58B11N3S. The van der Waals surface area contributed by atoms with E-state index in [4.69, 9.17) is 78.5 Å². The number of thiophene rings is 1. The highest BCUT2D eigenvalue weighted by atomic mass is 32.1. The maximum atomic E-state index is 7.18. The summed E-state index contributed by atoms with van der Waals surface area (Å²) in [7, 11) is 69.1. The van der Waals surface area contributed by atoms with Crippen LogP contribution in [0.4, 0.5) is 51.2 Å². The summed E-state index contributed by atoms with van der Waals surface area (Å²) in [4.78, 5) is 6.66. The van der Waals surface area contributed by atoms with Crippen LogP contribution in [0.2, 0.25) is 0 Å². The van der Waals surface area contributed by atoms with Gasteiger partial charge in [0.2, 0.25) is 0 Å². The van der Waals surface area contributed by atoms with Crippen LogP contribution in [0.5, 0.6) is 0 Å². The van der Waals surface area contributed by atoms with Crippen molar-refractivity contribution in [2.24, 2.45) is 0 Å². The molecule has 20 radical (unpaired) electrons. The molecule has 3 nitrogen and oxygen atoms in total. The van der Waals surface area contributed by atoms with Gasteiger partial charge in [0.15, 0.2) is 0 Å². The highest BCUT2D eigenvalue weighted by Gasteiger charge is 2.48. The third-order valence-electron chi connectivity index (χ3n) is 17.5. The van der Waals surface area contributed by atoms with E-state index in [1.165, 1.54) is 42.8 Å². The molecule has 79 heavy (non-hydrogen) atoms. The third kappa shape index (κ3) is 8.65. The smallest absolute Gasteiger partial charge is 0.264 e. The monoisotopic (exact) mass is 1020 g/mol. The van der Waals surface area contributed by atoms with Crippen LogP contribution in [-0.4, -0.2) is 85.2 Å². The van der Waals surface area contributed by atoms with Gasteiger partial charge in [-0.3, -0.25) is 0 Å². The molecule has 1 aromatic heterocycles. The van der Waals surface area contributed by atoms with Crippen LogP contribution in [-0.2, 0) is 27.1 Å². The number of rotatable bonds is 5. The summed E-state index contributed by atoms with van der Waals surface area (Å²) in [5.74, 6) is 0. The fourth-order valence-corrected chi connectivity index (χ4v) is 13.7. The van der Waals surface area contributed by atoms with Crippen molar-refractivity contribution in [3.05, 3.63) is 119 Å². The number of anilines is 9. The second kappa shape index (κ2) is 18.6. The lowest BCUT2D eigenvalue weighted by molar-refractivity contribution is 0.332. The zero-order chi connectivity index (χ0) is 57.3. The minimum absolute atomic E-state index is 0.0361. The van der Waals surface area contributed by atoms with Crippen LogP contribution in [0.1, 0.15) is 131 Å². The molecule has 2 aliphatic heterocycles. The van der Waals surface area contributed by atoms with E-state index in [2.05, 4.69) is 191 Å². The summed E-state index contributed by atoms with van der Waals surface area (Å²) in [6.07, 6.45) is 2.11. The van der Waals surface area contributed by atoms with Crippen LogP contribution < -0.4 is 85.0 Å². The fourth-order valence-electron chi connectivity index (χ4n) is 12.4. The zero-order valence-corrected chi connectivity index (χ0v) is 49.0. The van der Waals surface area contributed by atoms with Crippen molar-refractivity contribution in [1.29, 1.82) is 0 Å². The van der Waals surface area contributed by atoms with Crippen molar-refractivity contribution in [3.8, 4) is 0 Å². The van der Waals surface area contributed by atoms with Crippen LogP contribution in [0.3, 0.4) is 0 Å². The molecule has 7 aromatic carbocycles. The van der Waals surface area contributed by atoms with Gasteiger partial charge in [0.25, 0.3) is 6.71 Å². The SMILES string of the molecule is [B]c1c([B])c([B])c(N(c2cc3c4c(c2)N(c2ccc(C(C)(C)C)cc2)c2c(sc5ccc(C(C)(C)C)cc25)B4c2cc4c(cc2N3c2ccc(C(C)(C)C)cc2)C(C)(C)CCC4(C)C)c2c([B])c([B])c([B])c([B])c2[B])c([B])c1[B]. The van der Waals surface area contributed by atoms with Crippen molar-refractivity contribution in [2.45, 2.75) is 130 Å². The second-order valence-corrected chi connectivity index (χ2v) is 27.8. The quantitative estimate of drug-likeness (QED) is 0.233. The Labute approximate surface area is 488 Å². The van der Waals surface area contributed by atoms with Gasteiger partial charge in [0, 0.05) is 54.7 Å². The molecule has 0 atom stereocenters. The van der Waals surface area contributed by atoms with E-state index in [-0.39, 0.29) is 99.8 Å². The fraction of sp³-hybridized carbons (Fsp3) is 0.312. The number of hydrogen-bond acceptors (Lipinski definition) is 4. The molecule has 0 bridgehead atoms. The zero-order valence-electron chi connectivity index (χ0n) is 48.2. The maximum Gasteiger partial charge on any atom is 0.264 e. The molecule has 3 heterocycles. The molecule has 0 unspecified atom stereocenters. The standard InChI is InChI=1S/C64H58B11N3S/c1-60(2,3)31-14-19-34(20-15-31)76-41-30-39-38(63(10,11)24-25-64(39,12)13)29-40(41)75-55-42(76)27-36(78(57-51(71)47(67)45(65)48(68)52(57)72)58-53(73)49(69)46(66)50(70)54(58)74)28-43(55)77(35-21-16-32(17-22-35)61(4,5)6)56-37-26-33(62(7,8)9)18-23-44(37)79-59(56)75/h14-23,26-30H,24-25H2,1-13H3. The average Bonchev–Trinajstić information content (AvgIpc) is 4.01. The van der Waals surface area contributed by atoms with Crippen LogP contribution in [0, 0.1) is 0 Å². The van der Waals surface area contributed by atoms with Crippen molar-refractivity contribution >= 4 is 228 Å². The lowest BCUT2D eigenvalue weighted by atomic mass is 9.35. The van der Waals surface area contributed by atoms with Crippen LogP contribution in [0.25, 0.3) is 10.1 Å². The number of hydrogen-bond donors (Lipinski definition) is 0. The normalized spacial score (nSPS) is 15.4. The van der Waals surface area contributed by atoms with E-state index in [0.29, 0.717) is 5.69 Å². The molecule has 11 rings (SSSR count). The predicted octanol–water partition coefficient (Wildman–Crippen LogP) is 4.63. The summed E-state index contributed by atoms with van der Waals surface area (Å²) >= 11 is 1.87. The molecule has 8 aromatic rings. The highest BCUT2D eigenvalue weighted by molar-refractivity contribution is 7.33. The summed E-state index contributed by atoms with van der Waals surface area (Å²) in [6.45, 7) is 29.6. The first-order valence-electron chi connectivity index (χ1n) is 27.3. The van der Waals surface area contributed by atoms with E-state index >= 15 is 0 Å². The Morgan fingerprint density at radius 2 is 0.848 bits per heavy atom. The molecule has 3 aliphatic rings. The van der Waals surface area contributed by atoms with E-state index in [0.717, 1.165) is 57.8 Å². The van der Waals surface area contributed by atoms with Crippen molar-refractivity contribution in [1.82, 2.24) is 0 Å². The number of nitrogens with zero attached hydrogens (tertiary/aromatic N) is 3. The van der Waals surface area contributed by atoms with Gasteiger partial charge in [-0.25, -0.2) is 0 Å². The van der Waals surface area contributed by atoms with Gasteiger partial charge in [-0.1, -0.05) is 148 Å². The molecular weight excluding hydrogens is 962 g/mol. The van der Waals surface area contributed by atoms with Gasteiger partial charge in [0.1, 0.15) is 78.5 Å². The topological polar surface area (TPSA) is 9.72 Å². The van der Waals surface area contributed by atoms with Crippen LogP contribution in [0.15, 0.2) is 91.0 Å². The minimum atomic E-state index is -0.231. The van der Waals surface area contributed by atoms with Crippen LogP contribution >= 0.6 is 11.3 Å². The first-order chi connectivity index (χ1) is 36.7. The molecule has 15 heteroatoms. The van der Waals surface area contributed by atoms with Gasteiger partial charge < -0.3 is 14.7 Å². The summed E-state index contributed by atoms with van der Waals surface area (Å²) < 4.78 is 2.43. The second-order valence-electron chi connectivity index (χ2n) is 26.8. The Balaban J connectivity index is 1.37. The molecule has 1 aliphatic carbocycles. The van der Waals surface area contributed by atoms with E-state index in [1.54, 1.807) is 4.90 Å². The third-order valence-corrected chi connectivity index (χ3v) is 18.7. The first kappa shape index (κ1) is 55.5. The molecule has 0 amide bonds. The first-order valence-corrected chi connectivity index (χ1v) is 28.1. The van der Waals surface area contributed by atoms with Gasteiger partial charge in [0.05, 0.1) is 11.4 Å². The van der Waals surface area contributed by atoms with Gasteiger partial charge in [-0.05, 0) is 133 Å². The summed E-state index contributed by atoms with van der Waals surface area (Å²) in [5, 5.41) is 1.16. The van der Waals surface area contributed by atoms with Gasteiger partial charge >= 0.3 is 0 Å². The molecule has 0 N–H and O–H groups in total. The van der Waals surface area contributed by atoms with E-state index in [9.17, 15) is 0 Å². The Kier molecular flexibility index (Phi) is 13.1. The molecule has 0 saturated heterocycles. The molecule has 0 fully saturated rings. The van der Waals surface area contributed by atoms with E-state index < -0.39 is 0 Å². The molecule has 0 saturated carbocycles. The highest BCUT2D eigenvalue weighted by Crippen LogP contribution is 2.53. The van der Waals surface area contributed by atoms with Crippen molar-refractivity contribution < 1.29 is 0 Å². The summed E-state index contributed by atoms with van der Waals surface area (Å²) in [5.41, 5.74) is 15.5. The maximum absolute atomic E-state index is 7.18. The van der Waals surface area contributed by atoms with E-state index in [1.807, 2.05) is 11.3 Å². The van der Waals surface area contributed by atoms with Gasteiger partial charge in [-0.15, -0.1) is 44.1 Å². The Morgan fingerprint density at radius 3 is 1.29 bits per heavy atom. The molecule has 0 spiro atoms. The van der Waals surface area contributed by atoms with Gasteiger partial charge in [-0.2, -0.15) is 0 Å². The Bertz CT molecular complexity index is 3750.